The van der Waals surface area contributed by atoms with E-state index in [-0.39, 0.29) is 25.2 Å². The molecule has 2 aromatic carbocycles. The van der Waals surface area contributed by atoms with E-state index < -0.39 is 11.6 Å². The van der Waals surface area contributed by atoms with Gasteiger partial charge in [0, 0.05) is 35.4 Å². The molecule has 0 saturated carbocycles. The zero-order valence-electron chi connectivity index (χ0n) is 18.2. The Morgan fingerprint density at radius 3 is 2.52 bits per heavy atom. The van der Waals surface area contributed by atoms with Gasteiger partial charge in [-0.1, -0.05) is 0 Å². The fourth-order valence-electron chi connectivity index (χ4n) is 4.34. The average Bonchev–Trinajstić information content (AvgIpc) is 3.14. The van der Waals surface area contributed by atoms with Crippen LogP contribution < -0.4 is 15.1 Å². The Morgan fingerprint density at radius 1 is 0.879 bits per heavy atom. The van der Waals surface area contributed by atoms with Gasteiger partial charge in [-0.25, -0.2) is 4.79 Å². The van der Waals surface area contributed by atoms with Crippen LogP contribution in [0.3, 0.4) is 0 Å². The van der Waals surface area contributed by atoms with Crippen LogP contribution >= 0.6 is 0 Å². The van der Waals surface area contributed by atoms with Crippen molar-refractivity contribution >= 4 is 22.7 Å². The van der Waals surface area contributed by atoms with Gasteiger partial charge in [0.25, 0.3) is 0 Å². The van der Waals surface area contributed by atoms with E-state index in [1.54, 1.807) is 18.2 Å². The van der Waals surface area contributed by atoms with Gasteiger partial charge in [-0.2, -0.15) is 0 Å². The molecule has 0 fully saturated rings. The van der Waals surface area contributed by atoms with E-state index >= 15 is 0 Å². The summed E-state index contributed by atoms with van der Waals surface area (Å²) in [5.41, 5.74) is 3.55. The zero-order valence-corrected chi connectivity index (χ0v) is 18.2. The lowest BCUT2D eigenvalue weighted by Gasteiger charge is -2.10. The van der Waals surface area contributed by atoms with Crippen LogP contribution in [0.25, 0.3) is 11.0 Å². The molecule has 0 radical (unpaired) electrons. The van der Waals surface area contributed by atoms with Crippen molar-refractivity contribution in [2.45, 2.75) is 45.1 Å². The van der Waals surface area contributed by atoms with E-state index in [9.17, 15) is 14.4 Å². The quantitative estimate of drug-likeness (QED) is 0.318. The van der Waals surface area contributed by atoms with Crippen LogP contribution in [0, 0.1) is 0 Å². The van der Waals surface area contributed by atoms with E-state index in [1.807, 2.05) is 12.1 Å². The number of fused-ring (bicyclic) bond motifs is 3. The maximum absolute atomic E-state index is 12.6. The van der Waals surface area contributed by atoms with E-state index in [4.69, 9.17) is 18.6 Å². The van der Waals surface area contributed by atoms with Crippen LogP contribution in [0.15, 0.2) is 45.6 Å². The molecule has 1 aliphatic carbocycles. The smallest absolute Gasteiger partial charge is 0.336 e. The van der Waals surface area contributed by atoms with Gasteiger partial charge in [-0.3, -0.25) is 9.59 Å². The second-order valence-corrected chi connectivity index (χ2v) is 8.36. The maximum Gasteiger partial charge on any atom is 0.336 e. The number of hydrogen-bond donors (Lipinski definition) is 0. The minimum absolute atomic E-state index is 0.0175. The summed E-state index contributed by atoms with van der Waals surface area (Å²) in [5, 5.41) is 0.784. The molecule has 0 amide bonds. The van der Waals surface area contributed by atoms with E-state index in [1.165, 1.54) is 17.2 Å². The highest BCUT2D eigenvalue weighted by atomic mass is 16.5. The fraction of sp³-hybridized carbons (Fsp3) is 0.346. The largest absolute Gasteiger partial charge is 0.490 e. The molecule has 7 heteroatoms. The first-order chi connectivity index (χ1) is 16.1. The maximum atomic E-state index is 12.6. The summed E-state index contributed by atoms with van der Waals surface area (Å²) in [6.07, 6.45) is 3.80. The van der Waals surface area contributed by atoms with Crippen molar-refractivity contribution in [2.75, 3.05) is 13.2 Å². The van der Waals surface area contributed by atoms with Gasteiger partial charge in [-0.15, -0.1) is 0 Å². The molecule has 0 unspecified atom stereocenters. The Morgan fingerprint density at radius 2 is 1.67 bits per heavy atom. The van der Waals surface area contributed by atoms with Crippen molar-refractivity contribution in [3.8, 4) is 11.5 Å². The highest BCUT2D eigenvalue weighted by Crippen LogP contribution is 2.31. The summed E-state index contributed by atoms with van der Waals surface area (Å²) < 4.78 is 21.9. The van der Waals surface area contributed by atoms with Crippen LogP contribution in [0.1, 0.15) is 52.7 Å². The summed E-state index contributed by atoms with van der Waals surface area (Å²) >= 11 is 0. The van der Waals surface area contributed by atoms with Gasteiger partial charge >= 0.3 is 11.6 Å². The molecular formula is C26H24O7. The number of hydrogen-bond acceptors (Lipinski definition) is 7. The number of carbonyl (C=O) groups is 2. The van der Waals surface area contributed by atoms with Gasteiger partial charge < -0.3 is 18.6 Å². The van der Waals surface area contributed by atoms with Crippen LogP contribution in [-0.2, 0) is 29.0 Å². The first-order valence-electron chi connectivity index (χ1n) is 11.2. The number of ether oxygens (including phenoxy) is 3. The Bertz CT molecular complexity index is 1290. The third-order valence-corrected chi connectivity index (χ3v) is 6.06. The average molecular weight is 448 g/mol. The highest BCUT2D eigenvalue weighted by Gasteiger charge is 2.18. The van der Waals surface area contributed by atoms with Crippen LogP contribution in [-0.4, -0.2) is 25.0 Å². The highest BCUT2D eigenvalue weighted by molar-refractivity contribution is 5.98. The van der Waals surface area contributed by atoms with E-state index in [0.717, 1.165) is 31.1 Å². The summed E-state index contributed by atoms with van der Waals surface area (Å²) in [6.45, 7) is 1.07. The zero-order chi connectivity index (χ0) is 22.8. The number of carbonyl (C=O) groups excluding carboxylic acids is 2. The van der Waals surface area contributed by atoms with Crippen LogP contribution in [0.4, 0.5) is 0 Å². The Labute approximate surface area is 190 Å². The molecule has 2 heterocycles. The topological polar surface area (TPSA) is 92.0 Å². The monoisotopic (exact) mass is 448 g/mol. The molecule has 7 nitrogen and oxygen atoms in total. The van der Waals surface area contributed by atoms with Crippen molar-refractivity contribution in [2.24, 2.45) is 0 Å². The van der Waals surface area contributed by atoms with Gasteiger partial charge in [0.2, 0.25) is 0 Å². The predicted molar refractivity (Wildman–Crippen MR) is 120 cm³/mol. The standard InChI is InChI=1S/C26H24O7/c27-21(18-5-7-22-24(13-18)31-10-2-9-30-22)6-8-25(28)32-15-19-14-26(29)33-23-12-17-4-1-3-16(17)11-20(19)23/h5,7,11-14H,1-4,6,8-10,15H2. The molecule has 0 bridgehead atoms. The third kappa shape index (κ3) is 4.62. The third-order valence-electron chi connectivity index (χ3n) is 6.06. The normalized spacial score (nSPS) is 14.5. The molecule has 1 aromatic heterocycles. The number of rotatable bonds is 6. The molecule has 33 heavy (non-hydrogen) atoms. The molecule has 0 spiro atoms. The second-order valence-electron chi connectivity index (χ2n) is 8.36. The molecule has 1 aliphatic heterocycles. The lowest BCUT2D eigenvalue weighted by molar-refractivity contribution is -0.144. The molecule has 5 rings (SSSR count). The van der Waals surface area contributed by atoms with Gasteiger partial charge in [0.05, 0.1) is 19.6 Å². The van der Waals surface area contributed by atoms with E-state index in [2.05, 4.69) is 0 Å². The molecular weight excluding hydrogens is 424 g/mol. The number of esters is 1. The summed E-state index contributed by atoms with van der Waals surface area (Å²) in [7, 11) is 0. The fourth-order valence-corrected chi connectivity index (χ4v) is 4.34. The van der Waals surface area contributed by atoms with Crippen molar-refractivity contribution in [3.05, 3.63) is 69.1 Å². The second kappa shape index (κ2) is 9.10. The van der Waals surface area contributed by atoms with Crippen LogP contribution in [0.5, 0.6) is 11.5 Å². The van der Waals surface area contributed by atoms with Gasteiger partial charge in [0.1, 0.15) is 12.2 Å². The predicted octanol–water partition coefficient (Wildman–Crippen LogP) is 4.15. The molecule has 3 aromatic rings. The Kier molecular flexibility index (Phi) is 5.86. The Balaban J connectivity index is 1.22. The lowest BCUT2D eigenvalue weighted by Crippen LogP contribution is -2.10. The number of aryl methyl sites for hydroxylation is 2. The molecule has 0 N–H and O–H groups in total. The number of ketones is 1. The SMILES string of the molecule is O=C(CCC(=O)c1ccc2c(c1)OCCCO2)OCc1cc(=O)oc2cc3c(cc12)CCC3. The van der Waals surface area contributed by atoms with Crippen LogP contribution in [0.2, 0.25) is 0 Å². The molecule has 0 saturated heterocycles. The van der Waals surface area contributed by atoms with Gasteiger partial charge in [-0.05, 0) is 60.7 Å². The molecule has 170 valence electrons. The summed E-state index contributed by atoms with van der Waals surface area (Å²) in [5.74, 6) is 0.486. The minimum Gasteiger partial charge on any atom is -0.490 e. The first-order valence-corrected chi connectivity index (χ1v) is 11.2. The number of Topliss-reactive ketones (excluding diaryl/α,β-unsaturated/α-hetero) is 1. The Hall–Kier alpha value is -3.61. The molecule has 2 aliphatic rings. The number of benzene rings is 2. The van der Waals surface area contributed by atoms with Crippen molar-refractivity contribution in [3.63, 3.8) is 0 Å². The van der Waals surface area contributed by atoms with Gasteiger partial charge in [0.15, 0.2) is 17.3 Å². The minimum atomic E-state index is -0.500. The summed E-state index contributed by atoms with van der Waals surface area (Å²) in [6, 6.07) is 10.3. The lowest BCUT2D eigenvalue weighted by atomic mass is 10.0. The first kappa shape index (κ1) is 21.2. The van der Waals surface area contributed by atoms with Crippen molar-refractivity contribution in [1.29, 1.82) is 0 Å². The summed E-state index contributed by atoms with van der Waals surface area (Å²) in [4.78, 5) is 36.9. The molecule has 0 atom stereocenters. The van der Waals surface area contributed by atoms with Crippen molar-refractivity contribution in [1.82, 2.24) is 0 Å². The van der Waals surface area contributed by atoms with Crippen molar-refractivity contribution < 1.29 is 28.2 Å². The van der Waals surface area contributed by atoms with E-state index in [0.29, 0.717) is 41.4 Å².